The molecular formula is C14H18INO3. The molecule has 1 fully saturated rings. The molecule has 4 nitrogen and oxygen atoms in total. The van der Waals surface area contributed by atoms with E-state index < -0.39 is 12.0 Å². The third-order valence-corrected chi connectivity index (χ3v) is 4.40. The normalized spacial score (nSPS) is 19.1. The molecule has 1 aliphatic heterocycles. The van der Waals surface area contributed by atoms with Gasteiger partial charge >= 0.3 is 5.97 Å². The number of carbonyl (C=O) groups is 1. The van der Waals surface area contributed by atoms with Gasteiger partial charge in [0, 0.05) is 13.1 Å². The molecule has 0 saturated carbocycles. The molecule has 0 radical (unpaired) electrons. The Labute approximate surface area is 126 Å². The molecule has 104 valence electrons. The quantitative estimate of drug-likeness (QED) is 0.823. The smallest absolute Gasteiger partial charge is 0.320 e. The number of rotatable bonds is 4. The zero-order chi connectivity index (χ0) is 13.8. The molecule has 19 heavy (non-hydrogen) atoms. The largest absolute Gasteiger partial charge is 0.489 e. The van der Waals surface area contributed by atoms with Gasteiger partial charge < -0.3 is 9.84 Å². The zero-order valence-corrected chi connectivity index (χ0v) is 13.0. The SMILES string of the molecule is CC(C(=O)O)N1CCC(Oc2ccccc2I)CC1. The van der Waals surface area contributed by atoms with Crippen LogP contribution in [0.4, 0.5) is 0 Å². The Hall–Kier alpha value is -0.820. The van der Waals surface area contributed by atoms with Crippen LogP contribution >= 0.6 is 22.6 Å². The highest BCUT2D eigenvalue weighted by molar-refractivity contribution is 14.1. The van der Waals surface area contributed by atoms with Crippen molar-refractivity contribution >= 4 is 28.6 Å². The van der Waals surface area contributed by atoms with Gasteiger partial charge in [-0.05, 0) is 54.5 Å². The maximum Gasteiger partial charge on any atom is 0.320 e. The average Bonchev–Trinajstić information content (AvgIpc) is 2.41. The maximum atomic E-state index is 10.9. The minimum Gasteiger partial charge on any atom is -0.489 e. The van der Waals surface area contributed by atoms with Crippen LogP contribution in [0.25, 0.3) is 0 Å². The zero-order valence-electron chi connectivity index (χ0n) is 10.9. The van der Waals surface area contributed by atoms with Crippen LogP contribution in [0.15, 0.2) is 24.3 Å². The van der Waals surface area contributed by atoms with E-state index in [1.165, 1.54) is 0 Å². The van der Waals surface area contributed by atoms with Crippen molar-refractivity contribution < 1.29 is 14.6 Å². The number of carboxylic acid groups (broad SMARTS) is 1. The van der Waals surface area contributed by atoms with E-state index in [4.69, 9.17) is 9.84 Å². The number of halogens is 1. The van der Waals surface area contributed by atoms with Crippen molar-refractivity contribution in [3.8, 4) is 5.75 Å². The van der Waals surface area contributed by atoms with Gasteiger partial charge in [0.2, 0.25) is 0 Å². The molecule has 0 spiro atoms. The van der Waals surface area contributed by atoms with Crippen LogP contribution in [-0.4, -0.2) is 41.2 Å². The first kappa shape index (κ1) is 14.6. The second-order valence-corrected chi connectivity index (χ2v) is 5.96. The molecule has 1 N–H and O–H groups in total. The van der Waals surface area contributed by atoms with E-state index in [0.717, 1.165) is 35.3 Å². The second-order valence-electron chi connectivity index (χ2n) is 4.80. The average molecular weight is 375 g/mol. The molecule has 5 heteroatoms. The van der Waals surface area contributed by atoms with Crippen molar-refractivity contribution in [3.05, 3.63) is 27.8 Å². The molecule has 1 atom stereocenters. The van der Waals surface area contributed by atoms with Crippen LogP contribution in [0.2, 0.25) is 0 Å². The topological polar surface area (TPSA) is 49.8 Å². The molecule has 1 aliphatic rings. The van der Waals surface area contributed by atoms with E-state index in [2.05, 4.69) is 22.6 Å². The van der Waals surface area contributed by atoms with Crippen LogP contribution in [-0.2, 0) is 4.79 Å². The minimum absolute atomic E-state index is 0.188. The van der Waals surface area contributed by atoms with Crippen LogP contribution in [0.5, 0.6) is 5.75 Å². The van der Waals surface area contributed by atoms with E-state index >= 15 is 0 Å². The first-order chi connectivity index (χ1) is 9.08. The van der Waals surface area contributed by atoms with Crippen LogP contribution < -0.4 is 4.74 Å². The Morgan fingerprint density at radius 2 is 2.05 bits per heavy atom. The van der Waals surface area contributed by atoms with Gasteiger partial charge in [-0.25, -0.2) is 0 Å². The number of benzene rings is 1. The summed E-state index contributed by atoms with van der Waals surface area (Å²) in [7, 11) is 0. The Morgan fingerprint density at radius 1 is 1.42 bits per heavy atom. The fourth-order valence-corrected chi connectivity index (χ4v) is 2.77. The van der Waals surface area contributed by atoms with Gasteiger partial charge in [0.1, 0.15) is 17.9 Å². The molecule has 0 aliphatic carbocycles. The highest BCUT2D eigenvalue weighted by Gasteiger charge is 2.27. The fraction of sp³-hybridized carbons (Fsp3) is 0.500. The standard InChI is InChI=1S/C14H18INO3/c1-10(14(17)18)16-8-6-11(7-9-16)19-13-5-3-2-4-12(13)15/h2-5,10-11H,6-9H2,1H3,(H,17,18). The molecule has 1 unspecified atom stereocenters. The molecule has 0 amide bonds. The first-order valence-electron chi connectivity index (χ1n) is 6.46. The van der Waals surface area contributed by atoms with Gasteiger partial charge in [-0.1, -0.05) is 12.1 Å². The predicted molar refractivity (Wildman–Crippen MR) is 81.5 cm³/mol. The number of piperidine rings is 1. The van der Waals surface area contributed by atoms with E-state index in [9.17, 15) is 4.79 Å². The molecule has 1 saturated heterocycles. The lowest BCUT2D eigenvalue weighted by atomic mass is 10.1. The molecular weight excluding hydrogens is 357 g/mol. The molecule has 2 rings (SSSR count). The third-order valence-electron chi connectivity index (χ3n) is 3.51. The lowest BCUT2D eigenvalue weighted by molar-refractivity contribution is -0.143. The Kier molecular flexibility index (Phi) is 5.04. The predicted octanol–water partition coefficient (Wildman–Crippen LogP) is 2.61. The van der Waals surface area contributed by atoms with Crippen molar-refractivity contribution in [1.82, 2.24) is 4.90 Å². The highest BCUT2D eigenvalue weighted by Crippen LogP contribution is 2.24. The Balaban J connectivity index is 1.87. The summed E-state index contributed by atoms with van der Waals surface area (Å²) in [5.74, 6) is 0.171. The van der Waals surface area contributed by atoms with E-state index in [1.807, 2.05) is 29.2 Å². The second kappa shape index (κ2) is 6.56. The Morgan fingerprint density at radius 3 is 2.63 bits per heavy atom. The maximum absolute atomic E-state index is 10.9. The molecule has 1 aromatic rings. The van der Waals surface area contributed by atoms with Gasteiger partial charge in [-0.2, -0.15) is 0 Å². The lowest BCUT2D eigenvalue weighted by Gasteiger charge is -2.34. The first-order valence-corrected chi connectivity index (χ1v) is 7.54. The van der Waals surface area contributed by atoms with Gasteiger partial charge in [0.05, 0.1) is 3.57 Å². The van der Waals surface area contributed by atoms with Crippen molar-refractivity contribution in [2.24, 2.45) is 0 Å². The van der Waals surface area contributed by atoms with E-state index in [1.54, 1.807) is 6.92 Å². The number of carboxylic acids is 1. The van der Waals surface area contributed by atoms with Crippen molar-refractivity contribution in [3.63, 3.8) is 0 Å². The summed E-state index contributed by atoms with van der Waals surface area (Å²) in [6, 6.07) is 7.56. The summed E-state index contributed by atoms with van der Waals surface area (Å²) in [4.78, 5) is 12.9. The van der Waals surface area contributed by atoms with Crippen molar-refractivity contribution in [2.75, 3.05) is 13.1 Å². The Bertz CT molecular complexity index is 444. The minimum atomic E-state index is -0.753. The summed E-state index contributed by atoms with van der Waals surface area (Å²) in [5, 5.41) is 9.00. The summed E-state index contributed by atoms with van der Waals surface area (Å²) >= 11 is 2.27. The number of hydrogen-bond donors (Lipinski definition) is 1. The summed E-state index contributed by atoms with van der Waals surface area (Å²) in [6.07, 6.45) is 1.94. The monoisotopic (exact) mass is 375 g/mol. The number of para-hydroxylation sites is 1. The summed E-state index contributed by atoms with van der Waals surface area (Å²) in [6.45, 7) is 3.30. The number of ether oxygens (including phenoxy) is 1. The molecule has 0 aromatic heterocycles. The highest BCUT2D eigenvalue weighted by atomic mass is 127. The van der Waals surface area contributed by atoms with Crippen LogP contribution in [0, 0.1) is 3.57 Å². The van der Waals surface area contributed by atoms with Gasteiger partial charge in [0.25, 0.3) is 0 Å². The fourth-order valence-electron chi connectivity index (χ4n) is 2.26. The van der Waals surface area contributed by atoms with Crippen molar-refractivity contribution in [2.45, 2.75) is 31.9 Å². The molecule has 1 heterocycles. The van der Waals surface area contributed by atoms with Gasteiger partial charge in [0.15, 0.2) is 0 Å². The van der Waals surface area contributed by atoms with E-state index in [0.29, 0.717) is 0 Å². The summed E-state index contributed by atoms with van der Waals surface area (Å²) in [5.41, 5.74) is 0. The van der Waals surface area contributed by atoms with Crippen LogP contribution in [0.1, 0.15) is 19.8 Å². The number of hydrogen-bond acceptors (Lipinski definition) is 3. The van der Waals surface area contributed by atoms with Crippen LogP contribution in [0.3, 0.4) is 0 Å². The third kappa shape index (κ3) is 3.82. The van der Waals surface area contributed by atoms with Gasteiger partial charge in [-0.15, -0.1) is 0 Å². The molecule has 1 aromatic carbocycles. The van der Waals surface area contributed by atoms with Gasteiger partial charge in [-0.3, -0.25) is 9.69 Å². The number of likely N-dealkylation sites (tertiary alicyclic amines) is 1. The summed E-state index contributed by atoms with van der Waals surface area (Å²) < 4.78 is 7.11. The number of nitrogens with zero attached hydrogens (tertiary/aromatic N) is 1. The van der Waals surface area contributed by atoms with E-state index in [-0.39, 0.29) is 6.10 Å². The van der Waals surface area contributed by atoms with Crippen molar-refractivity contribution in [1.29, 1.82) is 0 Å². The lowest BCUT2D eigenvalue weighted by Crippen LogP contribution is -2.46. The molecule has 0 bridgehead atoms. The number of aliphatic carboxylic acids is 1.